The van der Waals surface area contributed by atoms with Crippen molar-refractivity contribution in [1.29, 1.82) is 5.26 Å². The van der Waals surface area contributed by atoms with Gasteiger partial charge in [0.15, 0.2) is 0 Å². The molecule has 0 N–H and O–H groups in total. The van der Waals surface area contributed by atoms with E-state index >= 15 is 0 Å². The molecule has 0 spiro atoms. The van der Waals surface area contributed by atoms with Gasteiger partial charge in [-0.25, -0.2) is 13.2 Å². The normalized spacial score (nSPS) is 10.8. The molecule has 3 aromatic rings. The first-order valence-corrected chi connectivity index (χ1v) is 10.2. The lowest BCUT2D eigenvalue weighted by atomic mass is 10.1. The molecule has 0 aliphatic carbocycles. The SMILES string of the molecule is CN(c1ccccc1)S(=O)(=O)c1ccc(C(=O)OCc2cccc(C#N)c2)cc1. The number of ether oxygens (including phenoxy) is 1. The highest BCUT2D eigenvalue weighted by Crippen LogP contribution is 2.22. The van der Waals surface area contributed by atoms with Crippen LogP contribution in [0.1, 0.15) is 21.5 Å². The van der Waals surface area contributed by atoms with Gasteiger partial charge >= 0.3 is 5.97 Å². The van der Waals surface area contributed by atoms with E-state index in [1.165, 1.54) is 35.6 Å². The summed E-state index contributed by atoms with van der Waals surface area (Å²) in [6, 6.07) is 23.1. The van der Waals surface area contributed by atoms with E-state index in [0.717, 1.165) is 0 Å². The summed E-state index contributed by atoms with van der Waals surface area (Å²) in [4.78, 5) is 12.3. The highest BCUT2D eigenvalue weighted by molar-refractivity contribution is 7.92. The summed E-state index contributed by atoms with van der Waals surface area (Å²) >= 11 is 0. The van der Waals surface area contributed by atoms with Gasteiger partial charge < -0.3 is 4.74 Å². The van der Waals surface area contributed by atoms with Crippen LogP contribution in [0.2, 0.25) is 0 Å². The van der Waals surface area contributed by atoms with Gasteiger partial charge in [-0.1, -0.05) is 30.3 Å². The zero-order valence-electron chi connectivity index (χ0n) is 15.6. The number of carbonyl (C=O) groups excluding carboxylic acids is 1. The molecule has 0 fully saturated rings. The maximum absolute atomic E-state index is 12.8. The molecule has 3 aromatic carbocycles. The smallest absolute Gasteiger partial charge is 0.338 e. The molecular formula is C22H18N2O4S. The number of rotatable bonds is 6. The molecule has 0 radical (unpaired) electrons. The molecule has 0 bridgehead atoms. The number of hydrogen-bond donors (Lipinski definition) is 0. The van der Waals surface area contributed by atoms with E-state index in [4.69, 9.17) is 10.00 Å². The monoisotopic (exact) mass is 406 g/mol. The Bertz CT molecular complexity index is 1150. The molecule has 0 aliphatic heterocycles. The molecule has 7 heteroatoms. The lowest BCUT2D eigenvalue weighted by Gasteiger charge is -2.19. The molecule has 0 unspecified atom stereocenters. The van der Waals surface area contributed by atoms with Crippen molar-refractivity contribution in [2.45, 2.75) is 11.5 Å². The Morgan fingerprint density at radius 3 is 2.34 bits per heavy atom. The summed E-state index contributed by atoms with van der Waals surface area (Å²) < 4.78 is 32.0. The maximum atomic E-state index is 12.8. The highest BCUT2D eigenvalue weighted by atomic mass is 32.2. The average Bonchev–Trinajstić information content (AvgIpc) is 2.77. The van der Waals surface area contributed by atoms with Crippen LogP contribution < -0.4 is 4.31 Å². The molecule has 146 valence electrons. The second-order valence-corrected chi connectivity index (χ2v) is 8.19. The summed E-state index contributed by atoms with van der Waals surface area (Å²) in [5.41, 5.74) is 1.95. The molecule has 0 saturated heterocycles. The maximum Gasteiger partial charge on any atom is 0.338 e. The van der Waals surface area contributed by atoms with Crippen LogP contribution in [0.5, 0.6) is 0 Å². The van der Waals surface area contributed by atoms with Crippen LogP contribution in [0.4, 0.5) is 5.69 Å². The molecular weight excluding hydrogens is 388 g/mol. The first-order chi connectivity index (χ1) is 13.9. The molecule has 0 heterocycles. The zero-order valence-corrected chi connectivity index (χ0v) is 16.5. The van der Waals surface area contributed by atoms with Crippen LogP contribution in [0.15, 0.2) is 83.8 Å². The standard InChI is InChI=1S/C22H18N2O4S/c1-24(20-8-3-2-4-9-20)29(26,27)21-12-10-19(11-13-21)22(25)28-16-18-7-5-6-17(14-18)15-23/h2-14H,16H2,1H3. The molecule has 0 amide bonds. The van der Waals surface area contributed by atoms with Crippen LogP contribution in [0.25, 0.3) is 0 Å². The van der Waals surface area contributed by atoms with Crippen LogP contribution in [-0.2, 0) is 21.4 Å². The Morgan fingerprint density at radius 2 is 1.69 bits per heavy atom. The van der Waals surface area contributed by atoms with Gasteiger partial charge in [0.05, 0.1) is 27.8 Å². The van der Waals surface area contributed by atoms with Crippen LogP contribution in [-0.4, -0.2) is 21.4 Å². The second-order valence-electron chi connectivity index (χ2n) is 6.22. The van der Waals surface area contributed by atoms with Gasteiger partial charge in [-0.2, -0.15) is 5.26 Å². The largest absolute Gasteiger partial charge is 0.457 e. The van der Waals surface area contributed by atoms with Crippen molar-refractivity contribution in [2.24, 2.45) is 0 Å². The van der Waals surface area contributed by atoms with Gasteiger partial charge in [0.25, 0.3) is 10.0 Å². The van der Waals surface area contributed by atoms with Gasteiger partial charge in [0, 0.05) is 7.05 Å². The fourth-order valence-electron chi connectivity index (χ4n) is 2.66. The van der Waals surface area contributed by atoms with Gasteiger partial charge in [0.1, 0.15) is 6.61 Å². The Balaban J connectivity index is 1.70. The summed E-state index contributed by atoms with van der Waals surface area (Å²) in [5.74, 6) is -0.576. The minimum Gasteiger partial charge on any atom is -0.457 e. The number of hydrogen-bond acceptors (Lipinski definition) is 5. The summed E-state index contributed by atoms with van der Waals surface area (Å²) in [7, 11) is -2.27. The van der Waals surface area contributed by atoms with Gasteiger partial charge in [-0.3, -0.25) is 4.31 Å². The topological polar surface area (TPSA) is 87.5 Å². The van der Waals surface area contributed by atoms with E-state index in [1.807, 2.05) is 6.07 Å². The number of nitriles is 1. The van der Waals surface area contributed by atoms with Crippen molar-refractivity contribution in [1.82, 2.24) is 0 Å². The number of para-hydroxylation sites is 1. The number of nitrogens with zero attached hydrogens (tertiary/aromatic N) is 2. The Morgan fingerprint density at radius 1 is 1.00 bits per heavy atom. The van der Waals surface area contributed by atoms with Crippen LogP contribution in [0.3, 0.4) is 0 Å². The van der Waals surface area contributed by atoms with Gasteiger partial charge in [-0.05, 0) is 54.1 Å². The lowest BCUT2D eigenvalue weighted by molar-refractivity contribution is 0.0472. The fourth-order valence-corrected chi connectivity index (χ4v) is 3.86. The molecule has 0 aromatic heterocycles. The highest BCUT2D eigenvalue weighted by Gasteiger charge is 2.21. The van der Waals surface area contributed by atoms with Gasteiger partial charge in [-0.15, -0.1) is 0 Å². The third kappa shape index (κ3) is 4.62. The van der Waals surface area contributed by atoms with Crippen molar-refractivity contribution in [3.63, 3.8) is 0 Å². The molecule has 0 atom stereocenters. The van der Waals surface area contributed by atoms with Crippen LogP contribution >= 0.6 is 0 Å². The van der Waals surface area contributed by atoms with Gasteiger partial charge in [0.2, 0.25) is 0 Å². The Kier molecular flexibility index (Phi) is 5.96. The fraction of sp³-hybridized carbons (Fsp3) is 0.0909. The number of carbonyl (C=O) groups is 1. The zero-order chi connectivity index (χ0) is 20.9. The average molecular weight is 406 g/mol. The summed E-state index contributed by atoms with van der Waals surface area (Å²) in [6.45, 7) is 0.0190. The first kappa shape index (κ1) is 20.1. The van der Waals surface area contributed by atoms with E-state index in [-0.39, 0.29) is 17.1 Å². The first-order valence-electron chi connectivity index (χ1n) is 8.72. The number of benzene rings is 3. The van der Waals surface area contributed by atoms with Crippen molar-refractivity contribution in [2.75, 3.05) is 11.4 Å². The Hall–Kier alpha value is -3.63. The lowest BCUT2D eigenvalue weighted by Crippen LogP contribution is -2.26. The molecule has 29 heavy (non-hydrogen) atoms. The third-order valence-corrected chi connectivity index (χ3v) is 6.09. The number of anilines is 1. The summed E-state index contributed by atoms with van der Waals surface area (Å²) in [6.07, 6.45) is 0. The van der Waals surface area contributed by atoms with Crippen molar-refractivity contribution in [3.05, 3.63) is 95.6 Å². The summed E-state index contributed by atoms with van der Waals surface area (Å²) in [5, 5.41) is 8.91. The minimum atomic E-state index is -3.75. The number of esters is 1. The Labute approximate surface area is 169 Å². The predicted molar refractivity (Wildman–Crippen MR) is 109 cm³/mol. The van der Waals surface area contributed by atoms with Crippen molar-refractivity contribution >= 4 is 21.7 Å². The molecule has 0 saturated carbocycles. The van der Waals surface area contributed by atoms with Crippen LogP contribution in [0, 0.1) is 11.3 Å². The van der Waals surface area contributed by atoms with Crippen molar-refractivity contribution < 1.29 is 17.9 Å². The van der Waals surface area contributed by atoms with E-state index in [0.29, 0.717) is 16.8 Å². The van der Waals surface area contributed by atoms with Crippen molar-refractivity contribution in [3.8, 4) is 6.07 Å². The number of sulfonamides is 1. The molecule has 0 aliphatic rings. The quantitative estimate of drug-likeness (QED) is 0.582. The minimum absolute atomic E-state index is 0.0190. The van der Waals surface area contributed by atoms with E-state index in [1.54, 1.807) is 54.6 Å². The molecule has 3 rings (SSSR count). The van der Waals surface area contributed by atoms with E-state index in [9.17, 15) is 13.2 Å². The van der Waals surface area contributed by atoms with E-state index in [2.05, 4.69) is 0 Å². The second kappa shape index (κ2) is 8.59. The predicted octanol–water partition coefficient (Wildman–Crippen LogP) is 3.74. The van der Waals surface area contributed by atoms with E-state index < -0.39 is 16.0 Å². The molecule has 6 nitrogen and oxygen atoms in total. The third-order valence-electron chi connectivity index (χ3n) is 4.29.